The lowest BCUT2D eigenvalue weighted by Gasteiger charge is -2.30. The van der Waals surface area contributed by atoms with Gasteiger partial charge in [-0.3, -0.25) is 14.4 Å². The van der Waals surface area contributed by atoms with Gasteiger partial charge in [0.2, 0.25) is 11.9 Å². The number of benzene rings is 1. The Morgan fingerprint density at radius 1 is 1.05 bits per heavy atom. The van der Waals surface area contributed by atoms with E-state index in [1.54, 1.807) is 38.1 Å². The van der Waals surface area contributed by atoms with Crippen molar-refractivity contribution >= 4 is 46.8 Å². The Morgan fingerprint density at radius 2 is 1.70 bits per heavy atom. The molecule has 0 bridgehead atoms. The average molecular weight is 612 g/mol. The number of Topliss-reactive ketones (excluding diaryl/α,β-unsaturated/α-hetero) is 1. The number of aromatic nitrogens is 2. The first-order valence-corrected chi connectivity index (χ1v) is 15.8. The number of carboxylic acid groups (broad SMARTS) is 1. The molecule has 10 nitrogen and oxygen atoms in total. The molecule has 2 fully saturated rings. The number of carbonyl (C=O) groups excluding carboxylic acids is 3. The number of nitrogens with one attached hydrogen (secondary N) is 2. The zero-order valence-corrected chi connectivity index (χ0v) is 25.8. The number of carboxylic acids is 1. The van der Waals surface area contributed by atoms with Gasteiger partial charge in [0.25, 0.3) is 5.91 Å². The van der Waals surface area contributed by atoms with E-state index in [2.05, 4.69) is 20.6 Å². The number of hydrogen-bond donors (Lipinski definition) is 3. The fourth-order valence-corrected chi connectivity index (χ4v) is 6.38. The van der Waals surface area contributed by atoms with E-state index >= 15 is 0 Å². The van der Waals surface area contributed by atoms with Crippen LogP contribution >= 0.6 is 11.6 Å². The molecule has 43 heavy (non-hydrogen) atoms. The molecule has 1 saturated heterocycles. The number of anilines is 2. The lowest BCUT2D eigenvalue weighted by atomic mass is 9.75. The van der Waals surface area contributed by atoms with Crippen LogP contribution in [0.5, 0.6) is 0 Å². The largest absolute Gasteiger partial charge is 0.480 e. The van der Waals surface area contributed by atoms with Crippen LogP contribution in [0.1, 0.15) is 94.1 Å². The maximum Gasteiger partial charge on any atom is 0.326 e. The Hall–Kier alpha value is -3.53. The molecule has 1 aromatic heterocycles. The summed E-state index contributed by atoms with van der Waals surface area (Å²) >= 11 is 6.22. The van der Waals surface area contributed by atoms with Gasteiger partial charge in [-0.2, -0.15) is 0 Å². The van der Waals surface area contributed by atoms with Crippen LogP contribution in [-0.2, 0) is 20.8 Å². The van der Waals surface area contributed by atoms with Gasteiger partial charge in [-0.15, -0.1) is 0 Å². The molecule has 11 heteroatoms. The molecule has 1 aliphatic heterocycles. The average Bonchev–Trinajstić information content (AvgIpc) is 3.73. The van der Waals surface area contributed by atoms with Crippen molar-refractivity contribution in [1.82, 2.24) is 15.3 Å². The van der Waals surface area contributed by atoms with Crippen LogP contribution in [0.4, 0.5) is 11.6 Å². The van der Waals surface area contributed by atoms with Crippen molar-refractivity contribution in [2.24, 2.45) is 11.3 Å². The first kappa shape index (κ1) is 32.4. The number of hydrogen-bond acceptors (Lipinski definition) is 7. The third-order valence-corrected chi connectivity index (χ3v) is 9.30. The van der Waals surface area contributed by atoms with Crippen molar-refractivity contribution in [2.75, 3.05) is 23.3 Å². The summed E-state index contributed by atoms with van der Waals surface area (Å²) in [5, 5.41) is 15.5. The monoisotopic (exact) mass is 611 g/mol. The molecule has 1 aliphatic carbocycles. The normalized spacial score (nSPS) is 16.2. The number of rotatable bonds is 14. The zero-order chi connectivity index (χ0) is 31.0. The Balaban J connectivity index is 1.38. The maximum atomic E-state index is 13.4. The minimum absolute atomic E-state index is 0.0198. The van der Waals surface area contributed by atoms with Gasteiger partial charge in [0.05, 0.1) is 11.2 Å². The smallest absolute Gasteiger partial charge is 0.326 e. The van der Waals surface area contributed by atoms with Gasteiger partial charge in [0, 0.05) is 31.6 Å². The molecular weight excluding hydrogens is 570 g/mol. The van der Waals surface area contributed by atoms with Crippen molar-refractivity contribution < 1.29 is 24.3 Å². The number of aliphatic carboxylic acids is 1. The summed E-state index contributed by atoms with van der Waals surface area (Å²) in [4.78, 5) is 62.5. The predicted octanol–water partition coefficient (Wildman–Crippen LogP) is 5.44. The summed E-state index contributed by atoms with van der Waals surface area (Å²) < 4.78 is 0. The number of ketones is 1. The van der Waals surface area contributed by atoms with Gasteiger partial charge in [0.1, 0.15) is 17.2 Å². The van der Waals surface area contributed by atoms with Crippen LogP contribution in [-0.4, -0.2) is 57.8 Å². The first-order valence-electron chi connectivity index (χ1n) is 15.4. The molecule has 1 saturated carbocycles. The number of amides is 2. The second-order valence-electron chi connectivity index (χ2n) is 11.7. The molecule has 2 aromatic rings. The van der Waals surface area contributed by atoms with E-state index in [9.17, 15) is 24.3 Å². The summed E-state index contributed by atoms with van der Waals surface area (Å²) in [6.45, 7) is 5.27. The zero-order valence-electron chi connectivity index (χ0n) is 25.0. The maximum absolute atomic E-state index is 13.4. The van der Waals surface area contributed by atoms with Crippen molar-refractivity contribution in [3.05, 3.63) is 46.7 Å². The quantitative estimate of drug-likeness (QED) is 0.240. The van der Waals surface area contributed by atoms with E-state index in [1.807, 2.05) is 4.90 Å². The summed E-state index contributed by atoms with van der Waals surface area (Å²) in [6.07, 6.45) is 9.92. The van der Waals surface area contributed by atoms with Crippen molar-refractivity contribution in [1.29, 1.82) is 0 Å². The highest BCUT2D eigenvalue weighted by Crippen LogP contribution is 2.34. The first-order chi connectivity index (χ1) is 20.7. The predicted molar refractivity (Wildman–Crippen MR) is 165 cm³/mol. The summed E-state index contributed by atoms with van der Waals surface area (Å²) in [5.41, 5.74) is -0.0410. The molecular formula is C32H42ClN5O5. The lowest BCUT2D eigenvalue weighted by molar-refractivity contribution is -0.148. The van der Waals surface area contributed by atoms with Crippen LogP contribution in [0, 0.1) is 11.3 Å². The Bertz CT molecular complexity index is 1300. The van der Waals surface area contributed by atoms with Crippen molar-refractivity contribution in [3.63, 3.8) is 0 Å². The highest BCUT2D eigenvalue weighted by atomic mass is 35.5. The summed E-state index contributed by atoms with van der Waals surface area (Å²) in [6, 6.07) is 5.47. The summed E-state index contributed by atoms with van der Waals surface area (Å²) in [5.74, 6) is -1.30. The molecule has 3 N–H and O–H groups in total. The Labute approximate surface area is 258 Å². The van der Waals surface area contributed by atoms with Gasteiger partial charge in [0.15, 0.2) is 5.69 Å². The SMILES string of the molecule is CCC(CC)(C(=O)CCC1CCCC1)C(=O)N[C@@H](Cc1ccc(NC(=O)c2nc(N3CCCC3)ncc2Cl)cc1)C(=O)O. The molecule has 232 valence electrons. The fraction of sp³-hybridized carbons (Fsp3) is 0.562. The highest BCUT2D eigenvalue weighted by molar-refractivity contribution is 6.34. The topological polar surface area (TPSA) is 142 Å². The van der Waals surface area contributed by atoms with Crippen LogP contribution < -0.4 is 15.5 Å². The molecule has 0 radical (unpaired) electrons. The van der Waals surface area contributed by atoms with Gasteiger partial charge < -0.3 is 20.6 Å². The second-order valence-corrected chi connectivity index (χ2v) is 12.1. The Morgan fingerprint density at radius 3 is 2.30 bits per heavy atom. The molecule has 1 atom stereocenters. The van der Waals surface area contributed by atoms with E-state index in [0.717, 1.165) is 45.2 Å². The number of nitrogens with zero attached hydrogens (tertiary/aromatic N) is 3. The van der Waals surface area contributed by atoms with Crippen LogP contribution in [0.25, 0.3) is 0 Å². The number of carbonyl (C=O) groups is 4. The van der Waals surface area contributed by atoms with E-state index in [-0.39, 0.29) is 22.9 Å². The summed E-state index contributed by atoms with van der Waals surface area (Å²) in [7, 11) is 0. The van der Waals surface area contributed by atoms with Gasteiger partial charge in [-0.25, -0.2) is 14.8 Å². The molecule has 2 amide bonds. The van der Waals surface area contributed by atoms with Gasteiger partial charge in [-0.1, -0.05) is 63.3 Å². The second kappa shape index (κ2) is 14.8. The van der Waals surface area contributed by atoms with E-state index in [4.69, 9.17) is 11.6 Å². The minimum atomic E-state index is -1.24. The minimum Gasteiger partial charge on any atom is -0.480 e. The lowest BCUT2D eigenvalue weighted by Crippen LogP contribution is -2.52. The van der Waals surface area contributed by atoms with Crippen molar-refractivity contribution in [2.45, 2.75) is 90.5 Å². The van der Waals surface area contributed by atoms with Crippen LogP contribution in [0.15, 0.2) is 30.5 Å². The van der Waals surface area contributed by atoms with Crippen LogP contribution in [0.2, 0.25) is 5.02 Å². The molecule has 2 aliphatic rings. The van der Waals surface area contributed by atoms with E-state index in [0.29, 0.717) is 42.4 Å². The molecule has 4 rings (SSSR count). The molecule has 0 unspecified atom stereocenters. The highest BCUT2D eigenvalue weighted by Gasteiger charge is 2.43. The fourth-order valence-electron chi connectivity index (χ4n) is 6.20. The molecule has 0 spiro atoms. The van der Waals surface area contributed by atoms with Crippen LogP contribution in [0.3, 0.4) is 0 Å². The third-order valence-electron chi connectivity index (χ3n) is 9.02. The van der Waals surface area contributed by atoms with Crippen molar-refractivity contribution in [3.8, 4) is 0 Å². The van der Waals surface area contributed by atoms with E-state index in [1.165, 1.54) is 19.0 Å². The van der Waals surface area contributed by atoms with Gasteiger partial charge in [-0.05, 0) is 55.7 Å². The number of halogens is 1. The Kier molecular flexibility index (Phi) is 11.1. The third kappa shape index (κ3) is 7.90. The van der Waals surface area contributed by atoms with E-state index < -0.39 is 29.2 Å². The molecule has 1 aromatic carbocycles. The van der Waals surface area contributed by atoms with Gasteiger partial charge >= 0.3 is 5.97 Å². The molecule has 2 heterocycles. The standard InChI is InChI=1S/C32H42ClN5O5/c1-3-32(4-2,26(39)16-13-21-9-5-6-10-21)30(43)36-25(29(41)42)19-22-11-14-23(15-12-22)35-28(40)27-24(33)20-34-31(37-27)38-17-7-8-18-38/h11-12,14-15,20-21,25H,3-10,13,16-19H2,1-2H3,(H,35,40)(H,36,43)(H,41,42)/t25-/m0/s1.